The number of nitrogens with one attached hydrogen (secondary N) is 2. The predicted molar refractivity (Wildman–Crippen MR) is 91.9 cm³/mol. The van der Waals surface area contributed by atoms with E-state index in [0.29, 0.717) is 21.8 Å². The lowest BCUT2D eigenvalue weighted by Crippen LogP contribution is -2.16. The fraction of sp³-hybridized carbons (Fsp3) is 0. The van der Waals surface area contributed by atoms with Gasteiger partial charge in [-0.3, -0.25) is 9.59 Å². The van der Waals surface area contributed by atoms with Crippen molar-refractivity contribution in [2.24, 2.45) is 0 Å². The largest absolute Gasteiger partial charge is 0.328 e. The molecule has 0 aliphatic carbocycles. The number of aromatic amines is 1. The molecule has 0 spiro atoms. The number of aromatic nitrogens is 1. The molecule has 0 aliphatic rings. The van der Waals surface area contributed by atoms with E-state index in [0.717, 1.165) is 5.56 Å². The zero-order valence-electron chi connectivity index (χ0n) is 12.0. The summed E-state index contributed by atoms with van der Waals surface area (Å²) in [5.74, 6) is -0.305. The van der Waals surface area contributed by atoms with Gasteiger partial charge in [0, 0.05) is 22.5 Å². The maximum absolute atomic E-state index is 12.3. The molecular formula is C18H13ClN2O2. The van der Waals surface area contributed by atoms with Crippen LogP contribution in [0, 0.1) is 0 Å². The minimum absolute atomic E-state index is 0.237. The molecule has 4 nitrogen and oxygen atoms in total. The van der Waals surface area contributed by atoms with E-state index < -0.39 is 0 Å². The zero-order valence-corrected chi connectivity index (χ0v) is 12.8. The van der Waals surface area contributed by atoms with Gasteiger partial charge in [0.2, 0.25) is 0 Å². The summed E-state index contributed by atoms with van der Waals surface area (Å²) in [6, 6.07) is 17.6. The zero-order chi connectivity index (χ0) is 16.2. The predicted octanol–water partition coefficient (Wildman–Crippen LogP) is 3.95. The topological polar surface area (TPSA) is 62.0 Å². The molecule has 3 rings (SSSR count). The fourth-order valence-electron chi connectivity index (χ4n) is 2.18. The van der Waals surface area contributed by atoms with E-state index in [1.807, 2.05) is 30.3 Å². The van der Waals surface area contributed by atoms with Crippen LogP contribution in [0.5, 0.6) is 0 Å². The maximum Gasteiger partial charge on any atom is 0.257 e. The van der Waals surface area contributed by atoms with Crippen molar-refractivity contribution in [1.29, 1.82) is 0 Å². The van der Waals surface area contributed by atoms with Crippen LogP contribution < -0.4 is 10.9 Å². The third kappa shape index (κ3) is 3.49. The van der Waals surface area contributed by atoms with Gasteiger partial charge in [0.15, 0.2) is 0 Å². The van der Waals surface area contributed by atoms with Crippen LogP contribution in [0.25, 0.3) is 11.1 Å². The van der Waals surface area contributed by atoms with Crippen LogP contribution in [0.2, 0.25) is 5.02 Å². The van der Waals surface area contributed by atoms with Crippen molar-refractivity contribution in [1.82, 2.24) is 4.98 Å². The molecule has 23 heavy (non-hydrogen) atoms. The van der Waals surface area contributed by atoms with Crippen LogP contribution in [-0.4, -0.2) is 10.9 Å². The maximum atomic E-state index is 12.3. The van der Waals surface area contributed by atoms with Crippen LogP contribution in [0.15, 0.2) is 71.7 Å². The summed E-state index contributed by atoms with van der Waals surface area (Å²) in [5.41, 5.74) is 1.98. The number of carbonyl (C=O) groups is 1. The van der Waals surface area contributed by atoms with Crippen LogP contribution in [-0.2, 0) is 0 Å². The van der Waals surface area contributed by atoms with Gasteiger partial charge in [-0.1, -0.05) is 41.9 Å². The minimum Gasteiger partial charge on any atom is -0.328 e. The Morgan fingerprint density at radius 3 is 2.39 bits per heavy atom. The summed E-state index contributed by atoms with van der Waals surface area (Å²) in [6.45, 7) is 0. The highest BCUT2D eigenvalue weighted by atomic mass is 35.5. The Balaban J connectivity index is 1.90. The number of hydrogen-bond donors (Lipinski definition) is 2. The van der Waals surface area contributed by atoms with E-state index in [9.17, 15) is 9.59 Å². The van der Waals surface area contributed by atoms with Crippen LogP contribution >= 0.6 is 11.6 Å². The highest BCUT2D eigenvalue weighted by molar-refractivity contribution is 6.30. The van der Waals surface area contributed by atoms with Crippen molar-refractivity contribution in [3.8, 4) is 11.1 Å². The molecule has 0 atom stereocenters. The molecule has 0 radical (unpaired) electrons. The molecule has 1 heterocycles. The van der Waals surface area contributed by atoms with Crippen molar-refractivity contribution in [2.75, 3.05) is 5.32 Å². The van der Waals surface area contributed by atoms with Crippen LogP contribution in [0.4, 0.5) is 5.69 Å². The molecule has 0 saturated heterocycles. The monoisotopic (exact) mass is 324 g/mol. The summed E-state index contributed by atoms with van der Waals surface area (Å²) in [5, 5.41) is 3.36. The lowest BCUT2D eigenvalue weighted by atomic mass is 10.1. The second kappa shape index (κ2) is 6.50. The summed E-state index contributed by atoms with van der Waals surface area (Å²) >= 11 is 5.82. The van der Waals surface area contributed by atoms with Gasteiger partial charge in [-0.25, -0.2) is 0 Å². The Morgan fingerprint density at radius 2 is 1.70 bits per heavy atom. The molecule has 114 valence electrons. The molecule has 0 aliphatic heterocycles. The summed E-state index contributed by atoms with van der Waals surface area (Å²) < 4.78 is 0. The Kier molecular flexibility index (Phi) is 4.26. The standard InChI is InChI=1S/C18H13ClN2O2/c19-14-6-8-15(9-7-14)21-17(22)13-10-16(18(23)20-11-13)12-4-2-1-3-5-12/h1-11H,(H,20,23)(H,21,22). The van der Waals surface area contributed by atoms with Gasteiger partial charge >= 0.3 is 0 Å². The van der Waals surface area contributed by atoms with E-state index in [1.165, 1.54) is 6.20 Å². The number of pyridine rings is 1. The average Bonchev–Trinajstić information content (AvgIpc) is 2.58. The molecule has 0 saturated carbocycles. The third-order valence-corrected chi connectivity index (χ3v) is 3.60. The van der Waals surface area contributed by atoms with Crippen LogP contribution in [0.3, 0.4) is 0 Å². The molecule has 2 N–H and O–H groups in total. The highest BCUT2D eigenvalue weighted by Gasteiger charge is 2.10. The van der Waals surface area contributed by atoms with Crippen molar-refractivity contribution in [3.63, 3.8) is 0 Å². The third-order valence-electron chi connectivity index (χ3n) is 3.35. The first-order valence-electron chi connectivity index (χ1n) is 6.98. The number of amides is 1. The van der Waals surface area contributed by atoms with E-state index >= 15 is 0 Å². The molecule has 1 aromatic heterocycles. The van der Waals surface area contributed by atoms with Gasteiger partial charge in [0.25, 0.3) is 11.5 Å². The smallest absolute Gasteiger partial charge is 0.257 e. The second-order valence-electron chi connectivity index (χ2n) is 4.96. The SMILES string of the molecule is O=C(Nc1ccc(Cl)cc1)c1c[nH]c(=O)c(-c2ccccc2)c1. The molecular weight excluding hydrogens is 312 g/mol. The molecule has 5 heteroatoms. The quantitative estimate of drug-likeness (QED) is 0.766. The Labute approximate surface area is 137 Å². The van der Waals surface area contributed by atoms with Gasteiger partial charge in [0.1, 0.15) is 0 Å². The van der Waals surface area contributed by atoms with Crippen LogP contribution in [0.1, 0.15) is 10.4 Å². The normalized spacial score (nSPS) is 10.3. The average molecular weight is 325 g/mol. The number of halogens is 1. The minimum atomic E-state index is -0.305. The number of benzene rings is 2. The van der Waals surface area contributed by atoms with E-state index in [2.05, 4.69) is 10.3 Å². The summed E-state index contributed by atoms with van der Waals surface area (Å²) in [6.07, 6.45) is 1.40. The molecule has 1 amide bonds. The lowest BCUT2D eigenvalue weighted by molar-refractivity contribution is 0.102. The van der Waals surface area contributed by atoms with Gasteiger partial charge in [-0.15, -0.1) is 0 Å². The van der Waals surface area contributed by atoms with Gasteiger partial charge < -0.3 is 10.3 Å². The molecule has 0 fully saturated rings. The molecule has 2 aromatic carbocycles. The molecule has 0 bridgehead atoms. The van der Waals surface area contributed by atoms with Crippen molar-refractivity contribution >= 4 is 23.2 Å². The fourth-order valence-corrected chi connectivity index (χ4v) is 2.31. The Bertz CT molecular complexity index is 887. The van der Waals surface area contributed by atoms with Crippen molar-refractivity contribution < 1.29 is 4.79 Å². The number of carbonyl (C=O) groups excluding carboxylic acids is 1. The first-order valence-corrected chi connectivity index (χ1v) is 7.36. The number of H-pyrrole nitrogens is 1. The lowest BCUT2D eigenvalue weighted by Gasteiger charge is -2.07. The summed E-state index contributed by atoms with van der Waals surface area (Å²) in [4.78, 5) is 26.9. The Morgan fingerprint density at radius 1 is 1.00 bits per heavy atom. The number of rotatable bonds is 3. The molecule has 0 unspecified atom stereocenters. The van der Waals surface area contributed by atoms with Gasteiger partial charge in [0.05, 0.1) is 5.56 Å². The second-order valence-corrected chi connectivity index (χ2v) is 5.39. The van der Waals surface area contributed by atoms with E-state index in [-0.39, 0.29) is 11.5 Å². The Hall–Kier alpha value is -2.85. The molecule has 3 aromatic rings. The van der Waals surface area contributed by atoms with E-state index in [1.54, 1.807) is 30.3 Å². The highest BCUT2D eigenvalue weighted by Crippen LogP contribution is 2.17. The van der Waals surface area contributed by atoms with Crippen molar-refractivity contribution in [2.45, 2.75) is 0 Å². The van der Waals surface area contributed by atoms with Crippen molar-refractivity contribution in [3.05, 3.63) is 87.8 Å². The van der Waals surface area contributed by atoms with Gasteiger partial charge in [-0.05, 0) is 35.9 Å². The number of anilines is 1. The summed E-state index contributed by atoms with van der Waals surface area (Å²) in [7, 11) is 0. The number of hydrogen-bond acceptors (Lipinski definition) is 2. The first kappa shape index (κ1) is 15.1. The first-order chi connectivity index (χ1) is 11.1. The van der Waals surface area contributed by atoms with E-state index in [4.69, 9.17) is 11.6 Å². The van der Waals surface area contributed by atoms with Gasteiger partial charge in [-0.2, -0.15) is 0 Å².